The Morgan fingerprint density at radius 3 is 2.56 bits per heavy atom. The Bertz CT molecular complexity index is 851. The molecule has 0 bridgehead atoms. The van der Waals surface area contributed by atoms with E-state index >= 15 is 0 Å². The SMILES string of the molecule is Cc1cc(CP(=O)(O)O)cc2c1C(c1ccc(O)c(C(C)C)c1)CC2. The van der Waals surface area contributed by atoms with Crippen molar-refractivity contribution in [3.8, 4) is 5.75 Å². The fourth-order valence-electron chi connectivity index (χ4n) is 4.02. The van der Waals surface area contributed by atoms with Crippen LogP contribution < -0.4 is 0 Å². The van der Waals surface area contributed by atoms with Crippen LogP contribution in [0.1, 0.15) is 65.5 Å². The van der Waals surface area contributed by atoms with E-state index in [1.165, 1.54) is 16.7 Å². The summed E-state index contributed by atoms with van der Waals surface area (Å²) in [6, 6.07) is 9.72. The van der Waals surface area contributed by atoms with Gasteiger partial charge >= 0.3 is 7.60 Å². The minimum absolute atomic E-state index is 0.206. The van der Waals surface area contributed by atoms with Crippen LogP contribution >= 0.6 is 7.60 Å². The first-order valence-electron chi connectivity index (χ1n) is 8.65. The highest BCUT2D eigenvalue weighted by Gasteiger charge is 2.28. The van der Waals surface area contributed by atoms with Crippen molar-refractivity contribution in [3.63, 3.8) is 0 Å². The minimum Gasteiger partial charge on any atom is -0.508 e. The van der Waals surface area contributed by atoms with E-state index in [2.05, 4.69) is 19.9 Å². The van der Waals surface area contributed by atoms with Crippen molar-refractivity contribution in [2.75, 3.05) is 0 Å². The van der Waals surface area contributed by atoms with Crippen LogP contribution in [-0.4, -0.2) is 14.9 Å². The van der Waals surface area contributed by atoms with Crippen LogP contribution in [0.15, 0.2) is 30.3 Å². The normalized spacial score (nSPS) is 17.1. The molecule has 0 radical (unpaired) electrons. The van der Waals surface area contributed by atoms with Crippen molar-refractivity contribution in [3.05, 3.63) is 63.7 Å². The molecule has 25 heavy (non-hydrogen) atoms. The number of benzene rings is 2. The number of rotatable bonds is 4. The van der Waals surface area contributed by atoms with E-state index in [9.17, 15) is 19.5 Å². The lowest BCUT2D eigenvalue weighted by molar-refractivity contribution is 0.371. The summed E-state index contributed by atoms with van der Waals surface area (Å²) < 4.78 is 11.3. The van der Waals surface area contributed by atoms with Crippen molar-refractivity contribution in [2.45, 2.75) is 51.6 Å². The lowest BCUT2D eigenvalue weighted by Gasteiger charge is -2.18. The molecule has 3 N–H and O–H groups in total. The number of hydrogen-bond acceptors (Lipinski definition) is 2. The molecule has 2 aromatic rings. The van der Waals surface area contributed by atoms with Gasteiger partial charge < -0.3 is 14.9 Å². The summed E-state index contributed by atoms with van der Waals surface area (Å²) in [5.41, 5.74) is 6.41. The van der Waals surface area contributed by atoms with Gasteiger partial charge in [-0.3, -0.25) is 4.57 Å². The highest BCUT2D eigenvalue weighted by atomic mass is 31.2. The third-order valence-electron chi connectivity index (χ3n) is 5.05. The fourth-order valence-corrected chi connectivity index (χ4v) is 4.67. The Hall–Kier alpha value is -1.61. The molecule has 2 aromatic carbocycles. The van der Waals surface area contributed by atoms with E-state index in [0.717, 1.165) is 24.0 Å². The first-order valence-corrected chi connectivity index (χ1v) is 10.4. The van der Waals surface area contributed by atoms with Crippen molar-refractivity contribution in [1.82, 2.24) is 0 Å². The van der Waals surface area contributed by atoms with E-state index in [1.54, 1.807) is 6.07 Å². The van der Waals surface area contributed by atoms with Crippen LogP contribution in [0.4, 0.5) is 0 Å². The predicted octanol–water partition coefficient (Wildman–Crippen LogP) is 4.58. The first kappa shape index (κ1) is 18.2. The van der Waals surface area contributed by atoms with Crippen LogP contribution in [0.5, 0.6) is 5.75 Å². The molecule has 1 aliphatic rings. The first-order chi connectivity index (χ1) is 11.7. The molecule has 1 atom stereocenters. The zero-order valence-corrected chi connectivity index (χ0v) is 15.8. The van der Waals surface area contributed by atoms with Gasteiger partial charge in [0.05, 0.1) is 6.16 Å². The molecule has 0 saturated carbocycles. The molecule has 0 heterocycles. The number of phenolic OH excluding ortho intramolecular Hbond substituents is 1. The maximum atomic E-state index is 11.3. The van der Waals surface area contributed by atoms with Crippen LogP contribution in [-0.2, 0) is 17.1 Å². The molecule has 0 spiro atoms. The Kier molecular flexibility index (Phi) is 4.80. The molecule has 0 fully saturated rings. The van der Waals surface area contributed by atoms with Gasteiger partial charge in [-0.25, -0.2) is 0 Å². The van der Waals surface area contributed by atoms with Crippen LogP contribution in [0.3, 0.4) is 0 Å². The largest absolute Gasteiger partial charge is 0.508 e. The molecule has 4 nitrogen and oxygen atoms in total. The molecule has 0 aromatic heterocycles. The smallest absolute Gasteiger partial charge is 0.329 e. The van der Waals surface area contributed by atoms with Crippen molar-refractivity contribution in [1.29, 1.82) is 0 Å². The third-order valence-corrected chi connectivity index (χ3v) is 5.82. The molecule has 5 heteroatoms. The van der Waals surface area contributed by atoms with Crippen LogP contribution in [0.2, 0.25) is 0 Å². The van der Waals surface area contributed by atoms with Gasteiger partial charge in [0, 0.05) is 5.92 Å². The van der Waals surface area contributed by atoms with Crippen LogP contribution in [0, 0.1) is 6.92 Å². The summed E-state index contributed by atoms with van der Waals surface area (Å²) in [6.07, 6.45) is 1.69. The van der Waals surface area contributed by atoms with Gasteiger partial charge in [-0.15, -0.1) is 0 Å². The molecule has 134 valence electrons. The molecule has 3 rings (SSSR count). The zero-order chi connectivity index (χ0) is 18.4. The summed E-state index contributed by atoms with van der Waals surface area (Å²) >= 11 is 0. The molecule has 0 saturated heterocycles. The zero-order valence-electron chi connectivity index (χ0n) is 14.9. The van der Waals surface area contributed by atoms with Gasteiger partial charge in [-0.05, 0) is 65.1 Å². The number of fused-ring (bicyclic) bond motifs is 1. The van der Waals surface area contributed by atoms with E-state index < -0.39 is 7.60 Å². The maximum absolute atomic E-state index is 11.3. The molecule has 0 amide bonds. The summed E-state index contributed by atoms with van der Waals surface area (Å²) in [7, 11) is -4.06. The van der Waals surface area contributed by atoms with Gasteiger partial charge in [-0.2, -0.15) is 0 Å². The highest BCUT2D eigenvalue weighted by molar-refractivity contribution is 7.50. The highest BCUT2D eigenvalue weighted by Crippen LogP contribution is 2.45. The number of aromatic hydroxyl groups is 1. The molecule has 1 aliphatic carbocycles. The average Bonchev–Trinajstić information content (AvgIpc) is 2.90. The number of phenols is 1. The minimum atomic E-state index is -4.06. The van der Waals surface area contributed by atoms with Crippen molar-refractivity contribution in [2.24, 2.45) is 0 Å². The second-order valence-corrected chi connectivity index (χ2v) is 9.02. The van der Waals surface area contributed by atoms with Gasteiger partial charge in [0.2, 0.25) is 0 Å². The Labute approximate surface area is 148 Å². The summed E-state index contributed by atoms with van der Waals surface area (Å²) in [6.45, 7) is 6.16. The van der Waals surface area contributed by atoms with E-state index in [1.807, 2.05) is 25.1 Å². The predicted molar refractivity (Wildman–Crippen MR) is 99.3 cm³/mol. The molecule has 0 aliphatic heterocycles. The second kappa shape index (κ2) is 6.60. The Balaban J connectivity index is 2.00. The standard InChI is InChI=1S/C20H25O4P/c1-12(2)18-10-15(5-7-19(18)21)17-6-4-16-9-14(11-25(22,23)24)8-13(3)20(16)17/h5,7-10,12,17,21H,4,6,11H2,1-3H3,(H2,22,23,24). The summed E-state index contributed by atoms with van der Waals surface area (Å²) in [5.74, 6) is 0.871. The Morgan fingerprint density at radius 2 is 1.92 bits per heavy atom. The average molecular weight is 360 g/mol. The Morgan fingerprint density at radius 1 is 1.20 bits per heavy atom. The van der Waals surface area contributed by atoms with Gasteiger partial charge in [-0.1, -0.05) is 38.1 Å². The van der Waals surface area contributed by atoms with Gasteiger partial charge in [0.1, 0.15) is 5.75 Å². The quantitative estimate of drug-likeness (QED) is 0.698. The van der Waals surface area contributed by atoms with Gasteiger partial charge in [0.15, 0.2) is 0 Å². The van der Waals surface area contributed by atoms with Gasteiger partial charge in [0.25, 0.3) is 0 Å². The van der Waals surface area contributed by atoms with Crippen molar-refractivity contribution < 1.29 is 19.5 Å². The maximum Gasteiger partial charge on any atom is 0.329 e. The molecule has 1 unspecified atom stereocenters. The fraction of sp³-hybridized carbons (Fsp3) is 0.400. The number of hydrogen-bond donors (Lipinski definition) is 3. The number of aryl methyl sites for hydroxylation is 2. The van der Waals surface area contributed by atoms with E-state index in [0.29, 0.717) is 11.3 Å². The topological polar surface area (TPSA) is 77.8 Å². The second-order valence-electron chi connectivity index (χ2n) is 7.37. The molecular weight excluding hydrogens is 335 g/mol. The monoisotopic (exact) mass is 360 g/mol. The van der Waals surface area contributed by atoms with E-state index in [-0.39, 0.29) is 18.0 Å². The van der Waals surface area contributed by atoms with E-state index in [4.69, 9.17) is 0 Å². The van der Waals surface area contributed by atoms with Crippen LogP contribution in [0.25, 0.3) is 0 Å². The lowest BCUT2D eigenvalue weighted by atomic mass is 9.87. The summed E-state index contributed by atoms with van der Waals surface area (Å²) in [5, 5.41) is 10.1. The lowest BCUT2D eigenvalue weighted by Crippen LogP contribution is -2.02. The van der Waals surface area contributed by atoms with Crippen molar-refractivity contribution >= 4 is 7.60 Å². The summed E-state index contributed by atoms with van der Waals surface area (Å²) in [4.78, 5) is 18.5. The molecular formula is C20H25O4P. The third kappa shape index (κ3) is 3.82.